The second-order valence-electron chi connectivity index (χ2n) is 4.91. The van der Waals surface area contributed by atoms with Crippen LogP contribution in [0.3, 0.4) is 0 Å². The number of carbonyl (C=O) groups excluding carboxylic acids is 1. The first-order valence-corrected chi connectivity index (χ1v) is 7.88. The highest BCUT2D eigenvalue weighted by atomic mass is 16.6. The summed E-state index contributed by atoms with van der Waals surface area (Å²) in [5, 5.41) is 0. The zero-order valence-corrected chi connectivity index (χ0v) is 13.8. The minimum absolute atomic E-state index is 0.418. The van der Waals surface area contributed by atoms with Gasteiger partial charge >= 0.3 is 5.97 Å². The third-order valence-corrected chi connectivity index (χ3v) is 3.32. The Morgan fingerprint density at radius 2 is 1.57 bits per heavy atom. The molecule has 0 aliphatic heterocycles. The van der Waals surface area contributed by atoms with E-state index >= 15 is 0 Å². The molecule has 4 heteroatoms. The number of hydrogen-bond donors (Lipinski definition) is 0. The number of esters is 1. The standard InChI is InChI=1S/C19H22O4/c1-4-14-7-12-17(18(13-14)22-6-3)23-19(20)15-8-10-16(11-9-15)21-5-2/h7-13H,4-6H2,1-3H3. The van der Waals surface area contributed by atoms with Gasteiger partial charge in [0.2, 0.25) is 0 Å². The highest BCUT2D eigenvalue weighted by Gasteiger charge is 2.13. The Balaban J connectivity index is 2.15. The second-order valence-corrected chi connectivity index (χ2v) is 4.91. The first-order chi connectivity index (χ1) is 11.2. The van der Waals surface area contributed by atoms with Gasteiger partial charge in [0.05, 0.1) is 18.8 Å². The summed E-state index contributed by atoms with van der Waals surface area (Å²) in [6, 6.07) is 12.5. The van der Waals surface area contributed by atoms with Gasteiger partial charge in [-0.1, -0.05) is 13.0 Å². The first kappa shape index (κ1) is 16.9. The summed E-state index contributed by atoms with van der Waals surface area (Å²) in [5.41, 5.74) is 1.60. The van der Waals surface area contributed by atoms with Crippen molar-refractivity contribution in [3.63, 3.8) is 0 Å². The Kier molecular flexibility index (Phi) is 6.03. The van der Waals surface area contributed by atoms with Crippen molar-refractivity contribution in [2.24, 2.45) is 0 Å². The van der Waals surface area contributed by atoms with Gasteiger partial charge in [-0.05, 0) is 62.2 Å². The molecule has 2 aromatic carbocycles. The monoisotopic (exact) mass is 314 g/mol. The molecule has 0 fully saturated rings. The topological polar surface area (TPSA) is 44.8 Å². The molecule has 0 unspecified atom stereocenters. The SMILES string of the molecule is CCOc1ccc(C(=O)Oc2ccc(CC)cc2OCC)cc1. The fourth-order valence-corrected chi connectivity index (χ4v) is 2.14. The summed E-state index contributed by atoms with van der Waals surface area (Å²) in [7, 11) is 0. The molecular weight excluding hydrogens is 292 g/mol. The highest BCUT2D eigenvalue weighted by molar-refractivity contribution is 5.91. The fraction of sp³-hybridized carbons (Fsp3) is 0.316. The van der Waals surface area contributed by atoms with Crippen molar-refractivity contribution in [3.05, 3.63) is 53.6 Å². The Bertz CT molecular complexity index is 647. The molecule has 0 N–H and O–H groups in total. The molecule has 0 bridgehead atoms. The number of aryl methyl sites for hydroxylation is 1. The van der Waals surface area contributed by atoms with E-state index in [0.717, 1.165) is 17.7 Å². The lowest BCUT2D eigenvalue weighted by Crippen LogP contribution is -2.10. The Hall–Kier alpha value is -2.49. The van der Waals surface area contributed by atoms with E-state index in [9.17, 15) is 4.79 Å². The Morgan fingerprint density at radius 1 is 0.870 bits per heavy atom. The van der Waals surface area contributed by atoms with Gasteiger partial charge in [0.1, 0.15) is 5.75 Å². The number of hydrogen-bond acceptors (Lipinski definition) is 4. The summed E-state index contributed by atoms with van der Waals surface area (Å²) >= 11 is 0. The molecule has 2 rings (SSSR count). The third kappa shape index (κ3) is 4.49. The average molecular weight is 314 g/mol. The highest BCUT2D eigenvalue weighted by Crippen LogP contribution is 2.29. The minimum atomic E-state index is -0.418. The quantitative estimate of drug-likeness (QED) is 0.565. The van der Waals surface area contributed by atoms with Gasteiger partial charge < -0.3 is 14.2 Å². The lowest BCUT2D eigenvalue weighted by molar-refractivity contribution is 0.0728. The van der Waals surface area contributed by atoms with E-state index < -0.39 is 5.97 Å². The molecule has 0 radical (unpaired) electrons. The van der Waals surface area contributed by atoms with Crippen LogP contribution in [0, 0.1) is 0 Å². The van der Waals surface area contributed by atoms with E-state index in [1.165, 1.54) is 0 Å². The molecule has 0 atom stereocenters. The number of rotatable bonds is 7. The molecule has 0 spiro atoms. The second kappa shape index (κ2) is 8.22. The van der Waals surface area contributed by atoms with E-state index in [-0.39, 0.29) is 0 Å². The molecule has 0 saturated carbocycles. The average Bonchev–Trinajstić information content (AvgIpc) is 2.57. The number of carbonyl (C=O) groups is 1. The first-order valence-electron chi connectivity index (χ1n) is 7.88. The van der Waals surface area contributed by atoms with Crippen LogP contribution in [0.2, 0.25) is 0 Å². The summed E-state index contributed by atoms with van der Waals surface area (Å²) in [4.78, 5) is 12.3. The van der Waals surface area contributed by atoms with Crippen molar-refractivity contribution in [3.8, 4) is 17.2 Å². The van der Waals surface area contributed by atoms with Crippen LogP contribution in [0.4, 0.5) is 0 Å². The molecule has 23 heavy (non-hydrogen) atoms. The van der Waals surface area contributed by atoms with E-state index in [1.807, 2.05) is 26.0 Å². The fourth-order valence-electron chi connectivity index (χ4n) is 2.14. The third-order valence-electron chi connectivity index (χ3n) is 3.32. The van der Waals surface area contributed by atoms with Crippen LogP contribution >= 0.6 is 0 Å². The van der Waals surface area contributed by atoms with Crippen LogP contribution < -0.4 is 14.2 Å². The van der Waals surface area contributed by atoms with Crippen LogP contribution in [0.25, 0.3) is 0 Å². The lowest BCUT2D eigenvalue weighted by atomic mass is 10.1. The van der Waals surface area contributed by atoms with Gasteiger partial charge in [0.15, 0.2) is 11.5 Å². The van der Waals surface area contributed by atoms with E-state index in [2.05, 4.69) is 6.92 Å². The predicted octanol–water partition coefficient (Wildman–Crippen LogP) is 4.27. The van der Waals surface area contributed by atoms with Gasteiger partial charge in [-0.15, -0.1) is 0 Å². The molecule has 0 aromatic heterocycles. The summed E-state index contributed by atoms with van der Waals surface area (Å²) in [6.07, 6.45) is 0.896. The lowest BCUT2D eigenvalue weighted by Gasteiger charge is -2.12. The van der Waals surface area contributed by atoms with Gasteiger partial charge in [0.25, 0.3) is 0 Å². The molecule has 0 aliphatic rings. The predicted molar refractivity (Wildman–Crippen MR) is 89.6 cm³/mol. The van der Waals surface area contributed by atoms with Gasteiger partial charge in [-0.3, -0.25) is 0 Å². The molecule has 0 amide bonds. The van der Waals surface area contributed by atoms with E-state index in [1.54, 1.807) is 30.3 Å². The summed E-state index contributed by atoms with van der Waals surface area (Å²) in [6.45, 7) is 6.98. The van der Waals surface area contributed by atoms with Crippen molar-refractivity contribution in [2.75, 3.05) is 13.2 Å². The van der Waals surface area contributed by atoms with Crippen molar-refractivity contribution in [2.45, 2.75) is 27.2 Å². The van der Waals surface area contributed by atoms with Crippen LogP contribution in [0.1, 0.15) is 36.7 Å². The molecular formula is C19H22O4. The Morgan fingerprint density at radius 3 is 2.17 bits per heavy atom. The van der Waals surface area contributed by atoms with Crippen molar-refractivity contribution in [1.82, 2.24) is 0 Å². The largest absolute Gasteiger partial charge is 0.494 e. The van der Waals surface area contributed by atoms with E-state index in [0.29, 0.717) is 30.3 Å². The number of benzene rings is 2. The summed E-state index contributed by atoms with van der Waals surface area (Å²) < 4.78 is 16.4. The van der Waals surface area contributed by atoms with Crippen molar-refractivity contribution in [1.29, 1.82) is 0 Å². The zero-order valence-electron chi connectivity index (χ0n) is 13.8. The summed E-state index contributed by atoms with van der Waals surface area (Å²) in [5.74, 6) is 1.33. The molecule has 4 nitrogen and oxygen atoms in total. The maximum absolute atomic E-state index is 12.3. The zero-order chi connectivity index (χ0) is 16.7. The van der Waals surface area contributed by atoms with Gasteiger partial charge in [-0.25, -0.2) is 4.79 Å². The molecule has 122 valence electrons. The Labute approximate surface area is 137 Å². The molecule has 0 aliphatic carbocycles. The van der Waals surface area contributed by atoms with Crippen molar-refractivity contribution < 1.29 is 19.0 Å². The van der Waals surface area contributed by atoms with Crippen molar-refractivity contribution >= 4 is 5.97 Å². The minimum Gasteiger partial charge on any atom is -0.494 e. The maximum Gasteiger partial charge on any atom is 0.343 e. The van der Waals surface area contributed by atoms with Crippen LogP contribution in [-0.2, 0) is 6.42 Å². The van der Waals surface area contributed by atoms with Crippen LogP contribution in [0.15, 0.2) is 42.5 Å². The van der Waals surface area contributed by atoms with Gasteiger partial charge in [0, 0.05) is 0 Å². The van der Waals surface area contributed by atoms with Crippen LogP contribution in [-0.4, -0.2) is 19.2 Å². The normalized spacial score (nSPS) is 10.2. The molecule has 0 saturated heterocycles. The van der Waals surface area contributed by atoms with E-state index in [4.69, 9.17) is 14.2 Å². The molecule has 0 heterocycles. The maximum atomic E-state index is 12.3. The van der Waals surface area contributed by atoms with Crippen LogP contribution in [0.5, 0.6) is 17.2 Å². The number of ether oxygens (including phenoxy) is 3. The molecule has 2 aromatic rings. The smallest absolute Gasteiger partial charge is 0.343 e. The van der Waals surface area contributed by atoms with Gasteiger partial charge in [-0.2, -0.15) is 0 Å².